The quantitative estimate of drug-likeness (QED) is 0.557. The van der Waals surface area contributed by atoms with Gasteiger partial charge in [-0.1, -0.05) is 12.1 Å². The van der Waals surface area contributed by atoms with Crippen molar-refractivity contribution in [2.75, 3.05) is 0 Å². The van der Waals surface area contributed by atoms with Crippen molar-refractivity contribution in [2.24, 2.45) is 5.84 Å². The number of nitrogens with one attached hydrogen (secondary N) is 1. The van der Waals surface area contributed by atoms with Crippen LogP contribution in [0, 0.1) is 0 Å². The molecule has 0 bridgehead atoms. The van der Waals surface area contributed by atoms with Gasteiger partial charge in [-0.3, -0.25) is 16.3 Å². The average Bonchev–Trinajstić information content (AvgIpc) is 2.89. The van der Waals surface area contributed by atoms with Crippen LogP contribution < -0.4 is 11.3 Å². The Bertz CT molecular complexity index is 726. The zero-order chi connectivity index (χ0) is 13.9. The Morgan fingerprint density at radius 1 is 1.30 bits per heavy atom. The minimum absolute atomic E-state index is 0.0922. The molecule has 3 aromatic rings. The standard InChI is InChI=1S/C15H14BrN3S/c16-12-5-7-20-15(12)9-14(19-17)11-3-4-13-10(8-11)2-1-6-18-13/h1-8,14,19H,9,17H2. The lowest BCUT2D eigenvalue weighted by atomic mass is 10.0. The first-order valence-corrected chi connectivity index (χ1v) is 7.98. The molecule has 20 heavy (non-hydrogen) atoms. The number of hydrogen-bond donors (Lipinski definition) is 2. The molecule has 1 atom stereocenters. The predicted molar refractivity (Wildman–Crippen MR) is 87.5 cm³/mol. The number of thiophene rings is 1. The van der Waals surface area contributed by atoms with Crippen molar-refractivity contribution in [1.29, 1.82) is 0 Å². The number of nitrogens with two attached hydrogens (primary N) is 1. The Morgan fingerprint density at radius 3 is 2.95 bits per heavy atom. The van der Waals surface area contributed by atoms with Crippen LogP contribution >= 0.6 is 27.3 Å². The maximum absolute atomic E-state index is 5.74. The van der Waals surface area contributed by atoms with E-state index in [1.54, 1.807) is 11.3 Å². The van der Waals surface area contributed by atoms with Gasteiger partial charge in [-0.25, -0.2) is 0 Å². The minimum Gasteiger partial charge on any atom is -0.271 e. The summed E-state index contributed by atoms with van der Waals surface area (Å²) < 4.78 is 1.14. The molecule has 1 aromatic carbocycles. The zero-order valence-corrected chi connectivity index (χ0v) is 13.1. The average molecular weight is 348 g/mol. The number of pyridine rings is 1. The smallest absolute Gasteiger partial charge is 0.0702 e. The van der Waals surface area contributed by atoms with Crippen molar-refractivity contribution in [3.05, 3.63) is 62.9 Å². The van der Waals surface area contributed by atoms with Crippen LogP contribution in [-0.2, 0) is 6.42 Å². The van der Waals surface area contributed by atoms with E-state index in [0.29, 0.717) is 0 Å². The van der Waals surface area contributed by atoms with E-state index in [4.69, 9.17) is 5.84 Å². The third-order valence-corrected chi connectivity index (χ3v) is 5.26. The van der Waals surface area contributed by atoms with E-state index < -0.39 is 0 Å². The van der Waals surface area contributed by atoms with Gasteiger partial charge in [0.1, 0.15) is 0 Å². The zero-order valence-electron chi connectivity index (χ0n) is 10.7. The summed E-state index contributed by atoms with van der Waals surface area (Å²) >= 11 is 5.30. The Labute approximate surface area is 129 Å². The molecule has 0 aliphatic heterocycles. The number of halogens is 1. The van der Waals surface area contributed by atoms with Gasteiger partial charge in [0.2, 0.25) is 0 Å². The molecule has 0 fully saturated rings. The molecule has 2 heterocycles. The van der Waals surface area contributed by atoms with E-state index in [2.05, 4.69) is 56.0 Å². The van der Waals surface area contributed by atoms with Gasteiger partial charge in [0.15, 0.2) is 0 Å². The van der Waals surface area contributed by atoms with E-state index >= 15 is 0 Å². The minimum atomic E-state index is 0.0922. The van der Waals surface area contributed by atoms with Crippen LogP contribution in [0.1, 0.15) is 16.5 Å². The second-order valence-corrected chi connectivity index (χ2v) is 6.43. The maximum atomic E-state index is 5.74. The fourth-order valence-corrected chi connectivity index (χ4v) is 3.80. The third kappa shape index (κ3) is 2.76. The monoisotopic (exact) mass is 347 g/mol. The number of rotatable bonds is 4. The van der Waals surface area contributed by atoms with Crippen LogP contribution in [0.4, 0.5) is 0 Å². The van der Waals surface area contributed by atoms with Gasteiger partial charge in [0, 0.05) is 27.4 Å². The summed E-state index contributed by atoms with van der Waals surface area (Å²) in [6.45, 7) is 0. The molecule has 2 aromatic heterocycles. The topological polar surface area (TPSA) is 50.9 Å². The van der Waals surface area contributed by atoms with Crippen LogP contribution in [0.15, 0.2) is 52.4 Å². The fourth-order valence-electron chi connectivity index (χ4n) is 2.24. The fraction of sp³-hybridized carbons (Fsp3) is 0.133. The van der Waals surface area contributed by atoms with Gasteiger partial charge < -0.3 is 0 Å². The summed E-state index contributed by atoms with van der Waals surface area (Å²) in [5, 5.41) is 3.22. The van der Waals surface area contributed by atoms with Crippen molar-refractivity contribution >= 4 is 38.2 Å². The number of hydrogen-bond acceptors (Lipinski definition) is 4. The number of fused-ring (bicyclic) bond motifs is 1. The lowest BCUT2D eigenvalue weighted by Gasteiger charge is -2.16. The van der Waals surface area contributed by atoms with Crippen LogP contribution in [-0.4, -0.2) is 4.98 Å². The molecule has 3 N–H and O–H groups in total. The van der Waals surface area contributed by atoms with E-state index in [1.807, 2.05) is 18.3 Å². The van der Waals surface area contributed by atoms with E-state index in [0.717, 1.165) is 21.8 Å². The largest absolute Gasteiger partial charge is 0.271 e. The molecule has 0 amide bonds. The van der Waals surface area contributed by atoms with E-state index in [9.17, 15) is 0 Å². The van der Waals surface area contributed by atoms with Crippen molar-refractivity contribution in [1.82, 2.24) is 10.4 Å². The van der Waals surface area contributed by atoms with Crippen LogP contribution in [0.5, 0.6) is 0 Å². The third-order valence-electron chi connectivity index (χ3n) is 3.31. The molecule has 0 aliphatic rings. The molecule has 1 unspecified atom stereocenters. The van der Waals surface area contributed by atoms with E-state index in [-0.39, 0.29) is 6.04 Å². The summed E-state index contributed by atoms with van der Waals surface area (Å²) in [6, 6.07) is 12.5. The summed E-state index contributed by atoms with van der Waals surface area (Å²) in [7, 11) is 0. The SMILES string of the molecule is NNC(Cc1sccc1Br)c1ccc2ncccc2c1. The van der Waals surface area contributed by atoms with Crippen LogP contribution in [0.3, 0.4) is 0 Å². The molecule has 0 saturated heterocycles. The normalized spacial score (nSPS) is 12.7. The lowest BCUT2D eigenvalue weighted by molar-refractivity contribution is 0.555. The van der Waals surface area contributed by atoms with Crippen molar-refractivity contribution < 1.29 is 0 Å². The van der Waals surface area contributed by atoms with Crippen molar-refractivity contribution in [3.63, 3.8) is 0 Å². The first kappa shape index (κ1) is 13.7. The number of benzene rings is 1. The second kappa shape index (κ2) is 6.01. The van der Waals surface area contributed by atoms with Gasteiger partial charge >= 0.3 is 0 Å². The number of nitrogens with zero attached hydrogens (tertiary/aromatic N) is 1. The van der Waals surface area contributed by atoms with Gasteiger partial charge in [0.05, 0.1) is 11.6 Å². The highest BCUT2D eigenvalue weighted by Crippen LogP contribution is 2.28. The first-order chi connectivity index (χ1) is 9.78. The number of hydrazine groups is 1. The molecule has 0 spiro atoms. The molecule has 3 rings (SSSR count). The Hall–Kier alpha value is -1.27. The highest BCUT2D eigenvalue weighted by Gasteiger charge is 2.14. The molecule has 3 nitrogen and oxygen atoms in total. The lowest BCUT2D eigenvalue weighted by Crippen LogP contribution is -2.29. The van der Waals surface area contributed by atoms with Gasteiger partial charge in [-0.2, -0.15) is 0 Å². The molecule has 0 aliphatic carbocycles. The Balaban J connectivity index is 1.92. The van der Waals surface area contributed by atoms with Crippen LogP contribution in [0.25, 0.3) is 10.9 Å². The molecule has 0 saturated carbocycles. The summed E-state index contributed by atoms with van der Waals surface area (Å²) in [5.41, 5.74) is 5.09. The molecule has 0 radical (unpaired) electrons. The number of aromatic nitrogens is 1. The molecule has 102 valence electrons. The highest BCUT2D eigenvalue weighted by atomic mass is 79.9. The first-order valence-electron chi connectivity index (χ1n) is 6.30. The van der Waals surface area contributed by atoms with Crippen molar-refractivity contribution in [3.8, 4) is 0 Å². The summed E-state index contributed by atoms with van der Waals surface area (Å²) in [6.07, 6.45) is 2.67. The molecular formula is C15H14BrN3S. The van der Waals surface area contributed by atoms with Gasteiger partial charge in [0.25, 0.3) is 0 Å². The van der Waals surface area contributed by atoms with Gasteiger partial charge in [-0.15, -0.1) is 11.3 Å². The predicted octanol–water partition coefficient (Wildman–Crippen LogP) is 3.81. The molecular weight excluding hydrogens is 334 g/mol. The van der Waals surface area contributed by atoms with Crippen LogP contribution in [0.2, 0.25) is 0 Å². The summed E-state index contributed by atoms with van der Waals surface area (Å²) in [4.78, 5) is 5.63. The Morgan fingerprint density at radius 2 is 2.20 bits per heavy atom. The molecule has 5 heteroatoms. The second-order valence-electron chi connectivity index (χ2n) is 4.57. The maximum Gasteiger partial charge on any atom is 0.0702 e. The van der Waals surface area contributed by atoms with Gasteiger partial charge in [-0.05, 0) is 51.1 Å². The summed E-state index contributed by atoms with van der Waals surface area (Å²) in [5.74, 6) is 5.74. The Kier molecular flexibility index (Phi) is 4.12. The highest BCUT2D eigenvalue weighted by molar-refractivity contribution is 9.10. The van der Waals surface area contributed by atoms with E-state index in [1.165, 1.54) is 10.4 Å². The van der Waals surface area contributed by atoms with Crippen molar-refractivity contribution in [2.45, 2.75) is 12.5 Å².